The van der Waals surface area contributed by atoms with Crippen molar-refractivity contribution in [2.75, 3.05) is 49.3 Å². The first kappa shape index (κ1) is 36.4. The molecule has 0 saturated heterocycles. The molecule has 4 nitrogen and oxygen atoms in total. The zero-order valence-corrected chi connectivity index (χ0v) is 24.6. The molecule has 0 N–H and O–H groups in total. The minimum Gasteiger partial charge on any atom is -0.543 e. The summed E-state index contributed by atoms with van der Waals surface area (Å²) in [4.78, 5) is 17.9. The van der Waals surface area contributed by atoms with E-state index in [0.717, 1.165) is 0 Å². The van der Waals surface area contributed by atoms with Crippen molar-refractivity contribution in [3.05, 3.63) is 0 Å². The fourth-order valence-corrected chi connectivity index (χ4v) is 15.4. The van der Waals surface area contributed by atoms with Gasteiger partial charge in [0.2, 0.25) is 0 Å². The molecule has 0 heterocycles. The molecule has 0 atom stereocenters. The number of carboxylic acid groups (broad SMARTS) is 2. The van der Waals surface area contributed by atoms with Crippen molar-refractivity contribution in [2.45, 2.75) is 107 Å². The van der Waals surface area contributed by atoms with Gasteiger partial charge in [0.1, 0.15) is 0 Å². The van der Waals surface area contributed by atoms with Gasteiger partial charge in [-0.1, -0.05) is 55.4 Å². The third-order valence-electron chi connectivity index (χ3n) is 5.75. The smallest absolute Gasteiger partial charge is 0.0870 e. The van der Waals surface area contributed by atoms with Gasteiger partial charge < -0.3 is 19.8 Å². The molecule has 0 radical (unpaired) electrons. The molecular weight excluding hydrogens is 438 g/mol. The van der Waals surface area contributed by atoms with Crippen molar-refractivity contribution in [2.24, 2.45) is 0 Å². The van der Waals surface area contributed by atoms with Crippen LogP contribution in [0.1, 0.15) is 107 Å². The van der Waals surface area contributed by atoms with E-state index in [0.29, 0.717) is 0 Å². The molecule has 0 unspecified atom stereocenters. The molecule has 0 aliphatic carbocycles. The monoisotopic (exact) mass is 494 g/mol. The van der Waals surface area contributed by atoms with Crippen LogP contribution < -0.4 is 10.2 Å². The Morgan fingerprint density at radius 1 is 0.406 bits per heavy atom. The lowest BCUT2D eigenvalue weighted by atomic mass is 10.5. The van der Waals surface area contributed by atoms with Crippen LogP contribution in [0.5, 0.6) is 0 Å². The van der Waals surface area contributed by atoms with Crippen molar-refractivity contribution in [1.82, 2.24) is 0 Å². The van der Waals surface area contributed by atoms with Crippen LogP contribution in [0.25, 0.3) is 0 Å². The number of hydrogen-bond acceptors (Lipinski definition) is 4. The van der Waals surface area contributed by atoms with Crippen LogP contribution in [0.15, 0.2) is 0 Å². The van der Waals surface area contributed by atoms with Crippen molar-refractivity contribution in [3.8, 4) is 0 Å². The Morgan fingerprint density at radius 3 is 0.594 bits per heavy atom. The summed E-state index contributed by atoms with van der Waals surface area (Å²) in [7, 11) is -0.992. The average Bonchev–Trinajstić information content (AvgIpc) is 2.70. The SMILES string of the molecule is CCC[P+](CCC)(CCC)CCC.CCC[P+](CCC)(CCC)CCC.O=C([O-])C(=O)[O-]. The molecular formula is C26H56O4P2. The first-order valence-corrected chi connectivity index (χ1v) is 18.3. The minimum atomic E-state index is -2.19. The standard InChI is InChI=1S/2C12H28P.C2H2O4/c2*1-5-9-13(10-6-2,11-7-3)12-8-4;3-1(4)2(5)6/h2*5-12H2,1-4H3;(H,3,4)(H,5,6)/q2*+1;/p-2. The summed E-state index contributed by atoms with van der Waals surface area (Å²) < 4.78 is 0. The van der Waals surface area contributed by atoms with Crippen LogP contribution in [0.2, 0.25) is 0 Å². The van der Waals surface area contributed by atoms with Crippen molar-refractivity contribution in [3.63, 3.8) is 0 Å². The van der Waals surface area contributed by atoms with Crippen LogP contribution >= 0.6 is 14.5 Å². The zero-order chi connectivity index (χ0) is 25.5. The topological polar surface area (TPSA) is 80.3 Å². The van der Waals surface area contributed by atoms with E-state index in [1.54, 1.807) is 49.3 Å². The number of carbonyl (C=O) groups is 2. The summed E-state index contributed by atoms with van der Waals surface area (Å²) in [5, 5.41) is 17.9. The van der Waals surface area contributed by atoms with Gasteiger partial charge in [-0.2, -0.15) is 0 Å². The van der Waals surface area contributed by atoms with E-state index in [2.05, 4.69) is 55.4 Å². The van der Waals surface area contributed by atoms with Gasteiger partial charge in [-0.15, -0.1) is 0 Å². The second-order valence-electron chi connectivity index (χ2n) is 9.05. The molecule has 0 fully saturated rings. The van der Waals surface area contributed by atoms with Crippen molar-refractivity contribution >= 4 is 26.5 Å². The highest BCUT2D eigenvalue weighted by Crippen LogP contribution is 2.61. The molecule has 0 aromatic carbocycles. The molecule has 0 aromatic heterocycles. The van der Waals surface area contributed by atoms with Crippen molar-refractivity contribution in [1.29, 1.82) is 0 Å². The summed E-state index contributed by atoms with van der Waals surface area (Å²) in [5.41, 5.74) is 0. The van der Waals surface area contributed by atoms with E-state index in [4.69, 9.17) is 19.8 Å². The summed E-state index contributed by atoms with van der Waals surface area (Å²) in [6, 6.07) is 0. The molecule has 6 heteroatoms. The summed E-state index contributed by atoms with van der Waals surface area (Å²) >= 11 is 0. The Hall–Kier alpha value is -0.200. The van der Waals surface area contributed by atoms with Gasteiger partial charge in [0.25, 0.3) is 0 Å². The number of carboxylic acids is 2. The van der Waals surface area contributed by atoms with Gasteiger partial charge in [-0.25, -0.2) is 0 Å². The fourth-order valence-electron chi connectivity index (χ4n) is 5.14. The third-order valence-corrected chi connectivity index (χ3v) is 16.9. The van der Waals surface area contributed by atoms with E-state index < -0.39 is 26.5 Å². The number of hydrogen-bond donors (Lipinski definition) is 0. The highest BCUT2D eigenvalue weighted by Gasteiger charge is 2.33. The lowest BCUT2D eigenvalue weighted by molar-refractivity contribution is -0.345. The predicted molar refractivity (Wildman–Crippen MR) is 145 cm³/mol. The van der Waals surface area contributed by atoms with E-state index in [9.17, 15) is 0 Å². The Labute approximate surface area is 202 Å². The summed E-state index contributed by atoms with van der Waals surface area (Å²) in [6.45, 7) is 18.9. The third kappa shape index (κ3) is 19.3. The maximum Gasteiger partial charge on any atom is 0.0870 e. The molecule has 0 bridgehead atoms. The van der Waals surface area contributed by atoms with E-state index >= 15 is 0 Å². The molecule has 32 heavy (non-hydrogen) atoms. The fraction of sp³-hybridized carbons (Fsp3) is 0.923. The molecule has 0 aliphatic rings. The van der Waals surface area contributed by atoms with Gasteiger partial charge >= 0.3 is 0 Å². The largest absolute Gasteiger partial charge is 0.543 e. The normalized spacial score (nSPS) is 11.1. The van der Waals surface area contributed by atoms with Gasteiger partial charge in [0.15, 0.2) is 0 Å². The zero-order valence-electron chi connectivity index (χ0n) is 22.8. The van der Waals surface area contributed by atoms with Gasteiger partial charge in [0.05, 0.1) is 61.2 Å². The van der Waals surface area contributed by atoms with Gasteiger partial charge in [0, 0.05) is 14.5 Å². The van der Waals surface area contributed by atoms with Crippen LogP contribution in [0.3, 0.4) is 0 Å². The molecule has 0 spiro atoms. The maximum absolute atomic E-state index is 8.93. The van der Waals surface area contributed by atoms with E-state index in [1.165, 1.54) is 51.4 Å². The number of carbonyl (C=O) groups excluding carboxylic acids is 2. The molecule has 0 saturated carbocycles. The highest BCUT2D eigenvalue weighted by molar-refractivity contribution is 7.76. The van der Waals surface area contributed by atoms with Crippen LogP contribution in [0.4, 0.5) is 0 Å². The van der Waals surface area contributed by atoms with Crippen LogP contribution in [-0.4, -0.2) is 61.2 Å². The van der Waals surface area contributed by atoms with E-state index in [-0.39, 0.29) is 0 Å². The second kappa shape index (κ2) is 23.9. The Balaban J connectivity index is -0.000000422. The molecule has 0 rings (SSSR count). The molecule has 194 valence electrons. The number of aliphatic carboxylic acids is 2. The number of rotatable bonds is 16. The molecule has 0 aromatic rings. The van der Waals surface area contributed by atoms with Crippen molar-refractivity contribution < 1.29 is 19.8 Å². The first-order valence-electron chi connectivity index (χ1n) is 13.3. The lowest BCUT2D eigenvalue weighted by Crippen LogP contribution is -2.42. The average molecular weight is 495 g/mol. The first-order chi connectivity index (χ1) is 15.1. The van der Waals surface area contributed by atoms with Gasteiger partial charge in [-0.3, -0.25) is 0 Å². The Bertz CT molecular complexity index is 343. The molecule has 0 aliphatic heterocycles. The second-order valence-corrected chi connectivity index (χ2v) is 18.0. The summed E-state index contributed by atoms with van der Waals surface area (Å²) in [6.07, 6.45) is 23.7. The van der Waals surface area contributed by atoms with Gasteiger partial charge in [-0.05, 0) is 51.4 Å². The maximum atomic E-state index is 8.93. The minimum absolute atomic E-state index is 0.496. The lowest BCUT2D eigenvalue weighted by Gasteiger charge is -2.26. The summed E-state index contributed by atoms with van der Waals surface area (Å²) in [5.74, 6) is -4.37. The molecule has 0 amide bonds. The van der Waals surface area contributed by atoms with Crippen LogP contribution in [0, 0.1) is 0 Å². The quantitative estimate of drug-likeness (QED) is 0.201. The van der Waals surface area contributed by atoms with E-state index in [1.807, 2.05) is 0 Å². The predicted octanol–water partition coefficient (Wildman–Crippen LogP) is 5.77. The Morgan fingerprint density at radius 2 is 0.531 bits per heavy atom. The van der Waals surface area contributed by atoms with Crippen LogP contribution in [-0.2, 0) is 9.59 Å². The Kier molecular flexibility index (Phi) is 27.2. The highest BCUT2D eigenvalue weighted by atomic mass is 31.2.